The molecule has 2 unspecified atom stereocenters. The molecule has 7 rings (SSSR count). The largest absolute Gasteiger partial charge is 0.365 e. The molecule has 9 heteroatoms. The standard InChI is InChI=1S/C34H34N8O/c1-5-10-31-36-32-22(3)18-25(33-35-27-12-7-9-14-29(27)40(33)4)19-30(32)41(31)20-24-16-15-23(17-21(24)2)26-11-6-8-13-28(26)42-34(43)37-38-39-42/h6-9,11-19,21,24H,5,10,20H2,1-4H3,(H,37,39,43). The molecule has 1 N–H and O–H groups in total. The van der Waals surface area contributed by atoms with E-state index in [0.717, 1.165) is 75.4 Å². The molecule has 3 aromatic heterocycles. The number of hydrogen-bond donors (Lipinski definition) is 1. The summed E-state index contributed by atoms with van der Waals surface area (Å²) in [6.07, 6.45) is 8.71. The van der Waals surface area contributed by atoms with Gasteiger partial charge in [-0.25, -0.2) is 19.9 Å². The summed E-state index contributed by atoms with van der Waals surface area (Å²) in [6.45, 7) is 7.44. The average molecular weight is 571 g/mol. The number of tetrazole rings is 1. The SMILES string of the molecule is CCCc1nc2c(C)cc(-c3nc4ccccc4n3C)cc2n1CC1C=CC(c2ccccc2-n2nn[nH]c2=O)=CC1C. The minimum Gasteiger partial charge on any atom is -0.327 e. The van der Waals surface area contributed by atoms with Gasteiger partial charge in [0, 0.05) is 37.1 Å². The number of imidazole rings is 2. The minimum atomic E-state index is -0.359. The van der Waals surface area contributed by atoms with Crippen LogP contribution in [0.3, 0.4) is 0 Å². The van der Waals surface area contributed by atoms with Crippen LogP contribution < -0.4 is 5.69 Å². The summed E-state index contributed by atoms with van der Waals surface area (Å²) in [4.78, 5) is 22.4. The molecule has 216 valence electrons. The minimum absolute atomic E-state index is 0.262. The number of para-hydroxylation sites is 3. The van der Waals surface area contributed by atoms with E-state index in [4.69, 9.17) is 9.97 Å². The number of hydrogen-bond acceptors (Lipinski definition) is 5. The molecule has 2 atom stereocenters. The Hall–Kier alpha value is -5.05. The second-order valence-corrected chi connectivity index (χ2v) is 11.5. The van der Waals surface area contributed by atoms with E-state index < -0.39 is 0 Å². The van der Waals surface area contributed by atoms with Gasteiger partial charge in [0.15, 0.2) is 0 Å². The Morgan fingerprint density at radius 1 is 1.00 bits per heavy atom. The third kappa shape index (κ3) is 4.61. The molecular formula is C34H34N8O. The van der Waals surface area contributed by atoms with Crippen molar-refractivity contribution in [2.45, 2.75) is 40.2 Å². The zero-order chi connectivity index (χ0) is 29.7. The number of nitrogens with zero attached hydrogens (tertiary/aromatic N) is 7. The number of allylic oxidation sites excluding steroid dienone is 4. The van der Waals surface area contributed by atoms with Gasteiger partial charge in [0.25, 0.3) is 0 Å². The molecule has 0 aliphatic heterocycles. The summed E-state index contributed by atoms with van der Waals surface area (Å²) in [6, 6.07) is 20.5. The van der Waals surface area contributed by atoms with E-state index in [1.807, 2.05) is 30.3 Å². The number of aryl methyl sites for hydroxylation is 3. The third-order valence-electron chi connectivity index (χ3n) is 8.59. The number of benzene rings is 3. The molecule has 9 nitrogen and oxygen atoms in total. The van der Waals surface area contributed by atoms with Crippen molar-refractivity contribution in [2.24, 2.45) is 18.9 Å². The van der Waals surface area contributed by atoms with Gasteiger partial charge in [-0.15, -0.1) is 0 Å². The van der Waals surface area contributed by atoms with E-state index in [-0.39, 0.29) is 17.5 Å². The lowest BCUT2D eigenvalue weighted by Gasteiger charge is -2.25. The zero-order valence-electron chi connectivity index (χ0n) is 24.8. The highest BCUT2D eigenvalue weighted by atomic mass is 16.2. The van der Waals surface area contributed by atoms with Crippen LogP contribution in [-0.4, -0.2) is 39.3 Å². The maximum absolute atomic E-state index is 12.3. The van der Waals surface area contributed by atoms with Gasteiger partial charge in [-0.1, -0.05) is 62.4 Å². The summed E-state index contributed by atoms with van der Waals surface area (Å²) in [7, 11) is 2.08. The van der Waals surface area contributed by atoms with Crippen molar-refractivity contribution in [3.8, 4) is 17.1 Å². The quantitative estimate of drug-likeness (QED) is 0.253. The maximum Gasteiger partial charge on any atom is 0.365 e. The lowest BCUT2D eigenvalue weighted by atomic mass is 9.84. The first-order chi connectivity index (χ1) is 20.9. The molecule has 0 saturated carbocycles. The number of nitrogens with one attached hydrogen (secondary N) is 1. The summed E-state index contributed by atoms with van der Waals surface area (Å²) >= 11 is 0. The molecule has 1 aliphatic rings. The van der Waals surface area contributed by atoms with E-state index in [0.29, 0.717) is 5.69 Å². The lowest BCUT2D eigenvalue weighted by Crippen LogP contribution is -2.20. The van der Waals surface area contributed by atoms with Crippen molar-refractivity contribution >= 4 is 27.6 Å². The van der Waals surface area contributed by atoms with Crippen molar-refractivity contribution < 1.29 is 0 Å². The molecule has 3 heterocycles. The molecule has 0 bridgehead atoms. The van der Waals surface area contributed by atoms with E-state index in [1.165, 1.54) is 4.68 Å². The van der Waals surface area contributed by atoms with Crippen LogP contribution in [-0.2, 0) is 20.0 Å². The predicted octanol–water partition coefficient (Wildman–Crippen LogP) is 6.03. The summed E-state index contributed by atoms with van der Waals surface area (Å²) in [5.74, 6) is 2.62. The molecule has 0 fully saturated rings. The summed E-state index contributed by atoms with van der Waals surface area (Å²) < 4.78 is 5.90. The molecule has 0 radical (unpaired) electrons. The Labute approximate surface area is 249 Å². The van der Waals surface area contributed by atoms with Crippen LogP contribution >= 0.6 is 0 Å². The van der Waals surface area contributed by atoms with E-state index in [2.05, 4.69) is 101 Å². The Kier molecular flexibility index (Phi) is 6.65. The molecular weight excluding hydrogens is 536 g/mol. The van der Waals surface area contributed by atoms with Crippen molar-refractivity contribution in [1.29, 1.82) is 0 Å². The summed E-state index contributed by atoms with van der Waals surface area (Å²) in [5.41, 5.74) is 8.94. The van der Waals surface area contributed by atoms with Crippen molar-refractivity contribution in [2.75, 3.05) is 0 Å². The number of fused-ring (bicyclic) bond motifs is 2. The molecule has 0 saturated heterocycles. The van der Waals surface area contributed by atoms with Gasteiger partial charge < -0.3 is 9.13 Å². The monoisotopic (exact) mass is 570 g/mol. The van der Waals surface area contributed by atoms with Crippen LogP contribution in [0.4, 0.5) is 0 Å². The second kappa shape index (κ2) is 10.7. The van der Waals surface area contributed by atoms with Crippen LogP contribution in [0.25, 0.3) is 44.7 Å². The fourth-order valence-corrected chi connectivity index (χ4v) is 6.33. The molecule has 0 spiro atoms. The van der Waals surface area contributed by atoms with Gasteiger partial charge in [0.1, 0.15) is 11.6 Å². The van der Waals surface area contributed by atoms with Gasteiger partial charge in [-0.2, -0.15) is 4.68 Å². The highest BCUT2D eigenvalue weighted by Crippen LogP contribution is 2.35. The molecule has 3 aromatic carbocycles. The predicted molar refractivity (Wildman–Crippen MR) is 170 cm³/mol. The van der Waals surface area contributed by atoms with E-state index >= 15 is 0 Å². The smallest absolute Gasteiger partial charge is 0.327 e. The van der Waals surface area contributed by atoms with E-state index in [1.54, 1.807) is 0 Å². The van der Waals surface area contributed by atoms with Crippen LogP contribution in [0.2, 0.25) is 0 Å². The van der Waals surface area contributed by atoms with Gasteiger partial charge in [-0.05, 0) is 71.2 Å². The van der Waals surface area contributed by atoms with Crippen LogP contribution in [0.15, 0.2) is 83.7 Å². The molecule has 0 amide bonds. The van der Waals surface area contributed by atoms with Gasteiger partial charge in [0.05, 0.1) is 27.8 Å². The molecule has 43 heavy (non-hydrogen) atoms. The third-order valence-corrected chi connectivity index (χ3v) is 8.59. The molecule has 1 aliphatic carbocycles. The first-order valence-electron chi connectivity index (χ1n) is 14.8. The van der Waals surface area contributed by atoms with Gasteiger partial charge in [0.2, 0.25) is 0 Å². The van der Waals surface area contributed by atoms with Crippen LogP contribution in [0.5, 0.6) is 0 Å². The van der Waals surface area contributed by atoms with Gasteiger partial charge >= 0.3 is 5.69 Å². The first kappa shape index (κ1) is 26.8. The topological polar surface area (TPSA) is 99.2 Å². The summed E-state index contributed by atoms with van der Waals surface area (Å²) in [5, 5.41) is 10.0. The van der Waals surface area contributed by atoms with Crippen molar-refractivity contribution in [1.82, 2.24) is 39.3 Å². The Bertz CT molecular complexity index is 2100. The lowest BCUT2D eigenvalue weighted by molar-refractivity contribution is 0.433. The number of H-pyrrole nitrogens is 1. The Morgan fingerprint density at radius 3 is 2.58 bits per heavy atom. The fourth-order valence-electron chi connectivity index (χ4n) is 6.33. The Balaban J connectivity index is 1.26. The average Bonchev–Trinajstić information content (AvgIpc) is 3.70. The second-order valence-electron chi connectivity index (χ2n) is 11.5. The van der Waals surface area contributed by atoms with Crippen molar-refractivity contribution in [3.63, 3.8) is 0 Å². The van der Waals surface area contributed by atoms with Gasteiger partial charge in [-0.3, -0.25) is 0 Å². The van der Waals surface area contributed by atoms with Crippen LogP contribution in [0, 0.1) is 18.8 Å². The number of rotatable bonds is 7. The zero-order valence-corrected chi connectivity index (χ0v) is 24.8. The highest BCUT2D eigenvalue weighted by molar-refractivity contribution is 5.87. The van der Waals surface area contributed by atoms with Crippen LogP contribution in [0.1, 0.15) is 37.2 Å². The van der Waals surface area contributed by atoms with Crippen molar-refractivity contribution in [3.05, 3.63) is 106 Å². The Morgan fingerprint density at radius 2 is 1.81 bits per heavy atom. The molecule has 6 aromatic rings. The fraction of sp³-hybridized carbons (Fsp3) is 0.265. The maximum atomic E-state index is 12.3. The number of aromatic amines is 1. The first-order valence-corrected chi connectivity index (χ1v) is 14.8. The van der Waals surface area contributed by atoms with E-state index in [9.17, 15) is 4.79 Å². The number of aromatic nitrogens is 8. The highest BCUT2D eigenvalue weighted by Gasteiger charge is 2.23. The normalized spacial score (nSPS) is 16.8.